The first-order valence-corrected chi connectivity index (χ1v) is 6.25. The predicted octanol–water partition coefficient (Wildman–Crippen LogP) is 1.01. The molecule has 108 valence electrons. The maximum absolute atomic E-state index is 12.1. The van der Waals surface area contributed by atoms with Crippen molar-refractivity contribution in [2.45, 2.75) is 25.2 Å². The average Bonchev–Trinajstić information content (AvgIpc) is 2.46. The van der Waals surface area contributed by atoms with Gasteiger partial charge in [0, 0.05) is 13.0 Å². The van der Waals surface area contributed by atoms with E-state index in [1.807, 2.05) is 30.3 Å². The molecule has 1 atom stereocenters. The van der Waals surface area contributed by atoms with Crippen molar-refractivity contribution < 1.29 is 24.2 Å². The van der Waals surface area contributed by atoms with E-state index in [2.05, 4.69) is 10.9 Å². The Morgan fingerprint density at radius 1 is 1.30 bits per heavy atom. The van der Waals surface area contributed by atoms with Gasteiger partial charge >= 0.3 is 12.1 Å². The predicted molar refractivity (Wildman–Crippen MR) is 68.5 cm³/mol. The largest absolute Gasteiger partial charge is 0.508 e. The third kappa shape index (κ3) is 3.46. The highest BCUT2D eigenvalue weighted by Gasteiger charge is 2.45. The fourth-order valence-electron chi connectivity index (χ4n) is 1.95. The van der Waals surface area contributed by atoms with Crippen LogP contribution in [0.2, 0.25) is 0 Å². The molecule has 0 bridgehead atoms. The standard InChI is InChI=1S/C13H16N2O5/c16-11(19-9-10-5-2-1-3-6-10)13(20-12(17)18)7-4-8-14-15-13/h1-3,5-6,14-15H,4,7-9H2,(H,17,18). The number of carbonyl (C=O) groups excluding carboxylic acids is 1. The molecule has 1 unspecified atom stereocenters. The molecule has 1 fully saturated rings. The van der Waals surface area contributed by atoms with Crippen LogP contribution in [0.3, 0.4) is 0 Å². The van der Waals surface area contributed by atoms with E-state index >= 15 is 0 Å². The maximum Gasteiger partial charge on any atom is 0.508 e. The first-order chi connectivity index (χ1) is 9.62. The fourth-order valence-corrected chi connectivity index (χ4v) is 1.95. The van der Waals surface area contributed by atoms with Crippen molar-refractivity contribution >= 4 is 12.1 Å². The second kappa shape index (κ2) is 6.36. The molecule has 0 spiro atoms. The molecule has 0 aliphatic carbocycles. The molecule has 7 heteroatoms. The Morgan fingerprint density at radius 2 is 2.05 bits per heavy atom. The minimum atomic E-state index is -1.68. The van der Waals surface area contributed by atoms with Crippen molar-refractivity contribution in [1.29, 1.82) is 0 Å². The van der Waals surface area contributed by atoms with E-state index in [4.69, 9.17) is 14.6 Å². The van der Waals surface area contributed by atoms with Gasteiger partial charge in [0.2, 0.25) is 0 Å². The van der Waals surface area contributed by atoms with E-state index in [0.29, 0.717) is 13.0 Å². The lowest BCUT2D eigenvalue weighted by Gasteiger charge is -2.34. The molecule has 20 heavy (non-hydrogen) atoms. The van der Waals surface area contributed by atoms with Crippen molar-refractivity contribution in [2.24, 2.45) is 0 Å². The Hall–Kier alpha value is -2.12. The van der Waals surface area contributed by atoms with Gasteiger partial charge in [-0.1, -0.05) is 30.3 Å². The van der Waals surface area contributed by atoms with E-state index in [0.717, 1.165) is 5.56 Å². The number of hydrogen-bond donors (Lipinski definition) is 3. The van der Waals surface area contributed by atoms with Crippen molar-refractivity contribution in [1.82, 2.24) is 10.9 Å². The van der Waals surface area contributed by atoms with E-state index in [9.17, 15) is 9.59 Å². The molecule has 7 nitrogen and oxygen atoms in total. The Balaban J connectivity index is 2.01. The molecule has 2 rings (SSSR count). The van der Waals surface area contributed by atoms with Gasteiger partial charge in [-0.2, -0.15) is 0 Å². The molecule has 1 aliphatic heterocycles. The third-order valence-corrected chi connectivity index (χ3v) is 2.92. The number of ether oxygens (including phenoxy) is 2. The molecule has 0 aromatic heterocycles. The van der Waals surface area contributed by atoms with E-state index < -0.39 is 17.8 Å². The molecular weight excluding hydrogens is 264 g/mol. The molecule has 0 saturated carbocycles. The number of nitrogens with one attached hydrogen (secondary N) is 2. The Labute approximate surface area is 115 Å². The minimum Gasteiger partial charge on any atom is -0.457 e. The van der Waals surface area contributed by atoms with Gasteiger partial charge in [-0.3, -0.25) is 5.43 Å². The summed E-state index contributed by atoms with van der Waals surface area (Å²) >= 11 is 0. The van der Waals surface area contributed by atoms with Gasteiger partial charge in [0.15, 0.2) is 0 Å². The molecule has 3 N–H and O–H groups in total. The van der Waals surface area contributed by atoms with Gasteiger partial charge in [-0.05, 0) is 12.0 Å². The van der Waals surface area contributed by atoms with Crippen molar-refractivity contribution in [3.05, 3.63) is 35.9 Å². The van der Waals surface area contributed by atoms with Crippen molar-refractivity contribution in [3.63, 3.8) is 0 Å². The SMILES string of the molecule is O=C(O)OC1(C(=O)OCc2ccccc2)CCCNN1. The monoisotopic (exact) mass is 280 g/mol. The number of esters is 1. The number of carbonyl (C=O) groups is 2. The van der Waals surface area contributed by atoms with Crippen molar-refractivity contribution in [3.8, 4) is 0 Å². The number of hydrogen-bond acceptors (Lipinski definition) is 6. The Morgan fingerprint density at radius 3 is 2.65 bits per heavy atom. The zero-order valence-corrected chi connectivity index (χ0v) is 10.8. The van der Waals surface area contributed by atoms with Gasteiger partial charge in [0.05, 0.1) is 0 Å². The molecular formula is C13H16N2O5. The van der Waals surface area contributed by atoms with Gasteiger partial charge < -0.3 is 14.6 Å². The minimum absolute atomic E-state index is 0.0616. The maximum atomic E-state index is 12.1. The van der Waals surface area contributed by atoms with Crippen LogP contribution >= 0.6 is 0 Å². The second-order valence-corrected chi connectivity index (χ2v) is 4.41. The highest BCUT2D eigenvalue weighted by atomic mass is 16.7. The highest BCUT2D eigenvalue weighted by Crippen LogP contribution is 2.20. The summed E-state index contributed by atoms with van der Waals surface area (Å²) in [4.78, 5) is 22.9. The van der Waals surface area contributed by atoms with Crippen molar-refractivity contribution in [2.75, 3.05) is 6.54 Å². The lowest BCUT2D eigenvalue weighted by Crippen LogP contribution is -2.63. The van der Waals surface area contributed by atoms with E-state index in [1.165, 1.54) is 0 Å². The first-order valence-electron chi connectivity index (χ1n) is 6.25. The molecule has 1 aliphatic rings. The number of benzene rings is 1. The Kier molecular flexibility index (Phi) is 4.54. The zero-order valence-electron chi connectivity index (χ0n) is 10.8. The van der Waals surface area contributed by atoms with Gasteiger partial charge in [0.1, 0.15) is 6.61 Å². The van der Waals surface area contributed by atoms with Gasteiger partial charge in [-0.25, -0.2) is 15.0 Å². The second-order valence-electron chi connectivity index (χ2n) is 4.41. The lowest BCUT2D eigenvalue weighted by atomic mass is 10.1. The molecule has 1 aromatic rings. The summed E-state index contributed by atoms with van der Waals surface area (Å²) in [5, 5.41) is 8.77. The summed E-state index contributed by atoms with van der Waals surface area (Å²) in [5.41, 5.74) is 4.43. The quantitative estimate of drug-likeness (QED) is 0.708. The van der Waals surface area contributed by atoms with E-state index in [1.54, 1.807) is 0 Å². The molecule has 0 amide bonds. The molecule has 1 saturated heterocycles. The smallest absolute Gasteiger partial charge is 0.457 e. The summed E-state index contributed by atoms with van der Waals surface area (Å²) in [6, 6.07) is 9.13. The zero-order chi connectivity index (χ0) is 14.4. The van der Waals surface area contributed by atoms with Crippen LogP contribution in [0.25, 0.3) is 0 Å². The Bertz CT molecular complexity index is 471. The van der Waals surface area contributed by atoms with E-state index in [-0.39, 0.29) is 13.0 Å². The summed E-state index contributed by atoms with van der Waals surface area (Å²) < 4.78 is 9.84. The summed E-state index contributed by atoms with van der Waals surface area (Å²) in [5.74, 6) is -0.754. The first kappa shape index (κ1) is 14.3. The lowest BCUT2D eigenvalue weighted by molar-refractivity contribution is -0.178. The van der Waals surface area contributed by atoms with Crippen LogP contribution < -0.4 is 10.9 Å². The average molecular weight is 280 g/mol. The third-order valence-electron chi connectivity index (χ3n) is 2.92. The highest BCUT2D eigenvalue weighted by molar-refractivity contribution is 5.81. The number of rotatable bonds is 4. The summed E-state index contributed by atoms with van der Waals surface area (Å²) in [6.07, 6.45) is -0.710. The van der Waals surface area contributed by atoms with Crippen LogP contribution in [0.1, 0.15) is 18.4 Å². The van der Waals surface area contributed by atoms with Crippen LogP contribution in [0.15, 0.2) is 30.3 Å². The van der Waals surface area contributed by atoms with Crippen LogP contribution in [0.4, 0.5) is 4.79 Å². The van der Waals surface area contributed by atoms with Crippen LogP contribution in [0, 0.1) is 0 Å². The van der Waals surface area contributed by atoms with Crippen LogP contribution in [-0.2, 0) is 20.9 Å². The number of carboxylic acid groups (broad SMARTS) is 1. The molecule has 1 heterocycles. The van der Waals surface area contributed by atoms with Gasteiger partial charge in [0.25, 0.3) is 5.72 Å². The summed E-state index contributed by atoms with van der Waals surface area (Å²) in [6.45, 7) is 0.683. The molecule has 0 radical (unpaired) electrons. The van der Waals surface area contributed by atoms with Gasteiger partial charge in [-0.15, -0.1) is 0 Å². The van der Waals surface area contributed by atoms with Crippen LogP contribution in [-0.4, -0.2) is 29.5 Å². The molecule has 1 aromatic carbocycles. The fraction of sp³-hybridized carbons (Fsp3) is 0.385. The normalized spacial score (nSPS) is 22.0. The topological polar surface area (TPSA) is 96.9 Å². The van der Waals surface area contributed by atoms with Crippen LogP contribution in [0.5, 0.6) is 0 Å². The number of hydrazine groups is 1. The summed E-state index contributed by atoms with van der Waals surface area (Å²) in [7, 11) is 0.